The van der Waals surface area contributed by atoms with E-state index in [1.807, 2.05) is 25.1 Å². The summed E-state index contributed by atoms with van der Waals surface area (Å²) in [6.45, 7) is 1.91. The first kappa shape index (κ1) is 17.0. The Morgan fingerprint density at radius 1 is 1.18 bits per heavy atom. The van der Waals surface area contributed by atoms with Gasteiger partial charge in [0, 0.05) is 27.2 Å². The monoisotopic (exact) mass is 385 g/mol. The molecular formula is C16H14BrF2NOS. The molecule has 0 unspecified atom stereocenters. The summed E-state index contributed by atoms with van der Waals surface area (Å²) < 4.78 is 26.8. The highest BCUT2D eigenvalue weighted by Gasteiger charge is 2.07. The lowest BCUT2D eigenvalue weighted by atomic mass is 10.2. The number of amides is 1. The van der Waals surface area contributed by atoms with Crippen molar-refractivity contribution in [3.63, 3.8) is 0 Å². The third kappa shape index (κ3) is 4.81. The van der Waals surface area contributed by atoms with Crippen LogP contribution in [0.15, 0.2) is 45.8 Å². The van der Waals surface area contributed by atoms with Crippen molar-refractivity contribution in [2.75, 3.05) is 11.1 Å². The summed E-state index contributed by atoms with van der Waals surface area (Å²) in [6.07, 6.45) is 0.291. The first-order chi connectivity index (χ1) is 10.5. The van der Waals surface area contributed by atoms with E-state index in [0.717, 1.165) is 27.9 Å². The normalized spacial score (nSPS) is 10.5. The molecule has 0 heterocycles. The van der Waals surface area contributed by atoms with E-state index in [4.69, 9.17) is 0 Å². The molecule has 22 heavy (non-hydrogen) atoms. The molecule has 6 heteroatoms. The molecule has 0 atom stereocenters. The van der Waals surface area contributed by atoms with E-state index >= 15 is 0 Å². The molecule has 0 saturated heterocycles. The molecule has 0 saturated carbocycles. The van der Waals surface area contributed by atoms with Gasteiger partial charge in [0.25, 0.3) is 0 Å². The molecule has 0 bridgehead atoms. The molecule has 1 N–H and O–H groups in total. The van der Waals surface area contributed by atoms with Gasteiger partial charge in [-0.2, -0.15) is 0 Å². The van der Waals surface area contributed by atoms with Crippen molar-refractivity contribution in [3.8, 4) is 0 Å². The van der Waals surface area contributed by atoms with E-state index in [1.54, 1.807) is 0 Å². The van der Waals surface area contributed by atoms with Gasteiger partial charge in [0.15, 0.2) is 11.6 Å². The van der Waals surface area contributed by atoms with Crippen LogP contribution in [-0.2, 0) is 4.79 Å². The SMILES string of the molecule is Cc1cc(Br)ccc1NC(=O)CCSc1ccc(F)c(F)c1. The van der Waals surface area contributed by atoms with Gasteiger partial charge < -0.3 is 5.32 Å². The summed E-state index contributed by atoms with van der Waals surface area (Å²) in [6, 6.07) is 9.34. The van der Waals surface area contributed by atoms with E-state index in [2.05, 4.69) is 21.2 Å². The lowest BCUT2D eigenvalue weighted by Gasteiger charge is -2.08. The number of halogens is 3. The topological polar surface area (TPSA) is 29.1 Å². The second-order valence-electron chi connectivity index (χ2n) is 4.68. The number of carbonyl (C=O) groups excluding carboxylic acids is 1. The Hall–Kier alpha value is -1.40. The van der Waals surface area contributed by atoms with Gasteiger partial charge in [0.1, 0.15) is 0 Å². The number of rotatable bonds is 5. The number of hydrogen-bond donors (Lipinski definition) is 1. The summed E-state index contributed by atoms with van der Waals surface area (Å²) >= 11 is 4.68. The number of anilines is 1. The molecule has 2 rings (SSSR count). The molecule has 116 valence electrons. The molecule has 0 spiro atoms. The van der Waals surface area contributed by atoms with E-state index < -0.39 is 11.6 Å². The predicted octanol–water partition coefficient (Wildman–Crippen LogP) is 5.16. The fourth-order valence-electron chi connectivity index (χ4n) is 1.81. The van der Waals surface area contributed by atoms with E-state index in [-0.39, 0.29) is 5.91 Å². The van der Waals surface area contributed by atoms with Gasteiger partial charge in [0.05, 0.1) is 0 Å². The third-order valence-electron chi connectivity index (χ3n) is 2.95. The Morgan fingerprint density at radius 3 is 2.64 bits per heavy atom. The molecular weight excluding hydrogens is 372 g/mol. The predicted molar refractivity (Wildman–Crippen MR) is 89.2 cm³/mol. The number of nitrogens with one attached hydrogen (secondary N) is 1. The minimum atomic E-state index is -0.875. The van der Waals surface area contributed by atoms with Crippen LogP contribution in [0.4, 0.5) is 14.5 Å². The van der Waals surface area contributed by atoms with Gasteiger partial charge in [-0.3, -0.25) is 4.79 Å². The zero-order chi connectivity index (χ0) is 16.1. The van der Waals surface area contributed by atoms with Crippen LogP contribution in [0.1, 0.15) is 12.0 Å². The Bertz CT molecular complexity index is 694. The number of hydrogen-bond acceptors (Lipinski definition) is 2. The average molecular weight is 386 g/mol. The maximum atomic E-state index is 13.1. The van der Waals surface area contributed by atoms with Gasteiger partial charge in [-0.15, -0.1) is 11.8 Å². The van der Waals surface area contributed by atoms with Crippen LogP contribution < -0.4 is 5.32 Å². The minimum Gasteiger partial charge on any atom is -0.326 e. The largest absolute Gasteiger partial charge is 0.326 e. The number of carbonyl (C=O) groups is 1. The molecule has 0 aliphatic carbocycles. The summed E-state index contributed by atoms with van der Waals surface area (Å²) in [5.74, 6) is -1.36. The van der Waals surface area contributed by atoms with Crippen LogP contribution in [0.25, 0.3) is 0 Å². The molecule has 2 aromatic carbocycles. The highest BCUT2D eigenvalue weighted by atomic mass is 79.9. The van der Waals surface area contributed by atoms with Gasteiger partial charge >= 0.3 is 0 Å². The standard InChI is InChI=1S/C16H14BrF2NOS/c1-10-8-11(17)2-5-15(10)20-16(21)6-7-22-12-3-4-13(18)14(19)9-12/h2-5,8-9H,6-7H2,1H3,(H,20,21). The smallest absolute Gasteiger partial charge is 0.225 e. The van der Waals surface area contributed by atoms with Crippen molar-refractivity contribution in [1.82, 2.24) is 0 Å². The van der Waals surface area contributed by atoms with Crippen molar-refractivity contribution in [3.05, 3.63) is 58.1 Å². The van der Waals surface area contributed by atoms with Crippen LogP contribution in [0.3, 0.4) is 0 Å². The minimum absolute atomic E-state index is 0.111. The zero-order valence-corrected chi connectivity index (χ0v) is 14.2. The van der Waals surface area contributed by atoms with E-state index in [1.165, 1.54) is 17.8 Å². The number of aryl methyl sites for hydroxylation is 1. The van der Waals surface area contributed by atoms with Crippen LogP contribution >= 0.6 is 27.7 Å². The van der Waals surface area contributed by atoms with Gasteiger partial charge in [-0.05, 0) is 48.9 Å². The Labute approximate surface area is 140 Å². The molecule has 0 aliphatic heterocycles. The van der Waals surface area contributed by atoms with Crippen molar-refractivity contribution in [2.45, 2.75) is 18.2 Å². The molecule has 2 aromatic rings. The lowest BCUT2D eigenvalue weighted by molar-refractivity contribution is -0.115. The fraction of sp³-hybridized carbons (Fsp3) is 0.188. The van der Waals surface area contributed by atoms with Crippen LogP contribution in [0, 0.1) is 18.6 Å². The molecule has 1 amide bonds. The molecule has 0 fully saturated rings. The summed E-state index contributed by atoms with van der Waals surface area (Å²) in [7, 11) is 0. The second kappa shape index (κ2) is 7.74. The number of benzene rings is 2. The summed E-state index contributed by atoms with van der Waals surface area (Å²) in [5, 5.41) is 2.84. The molecule has 0 aliphatic rings. The van der Waals surface area contributed by atoms with Crippen molar-refractivity contribution in [1.29, 1.82) is 0 Å². The van der Waals surface area contributed by atoms with Crippen LogP contribution in [0.2, 0.25) is 0 Å². The first-order valence-electron chi connectivity index (χ1n) is 6.59. The van der Waals surface area contributed by atoms with Gasteiger partial charge in [-0.1, -0.05) is 15.9 Å². The lowest BCUT2D eigenvalue weighted by Crippen LogP contribution is -2.13. The van der Waals surface area contributed by atoms with Crippen molar-refractivity contribution >= 4 is 39.3 Å². The highest BCUT2D eigenvalue weighted by molar-refractivity contribution is 9.10. The molecule has 0 radical (unpaired) electrons. The van der Waals surface area contributed by atoms with Crippen molar-refractivity contribution < 1.29 is 13.6 Å². The molecule has 0 aromatic heterocycles. The maximum Gasteiger partial charge on any atom is 0.225 e. The van der Waals surface area contributed by atoms with E-state index in [9.17, 15) is 13.6 Å². The zero-order valence-electron chi connectivity index (χ0n) is 11.8. The van der Waals surface area contributed by atoms with Crippen molar-refractivity contribution in [2.24, 2.45) is 0 Å². The quantitative estimate of drug-likeness (QED) is 0.720. The van der Waals surface area contributed by atoms with Gasteiger partial charge in [-0.25, -0.2) is 8.78 Å². The van der Waals surface area contributed by atoms with E-state index in [0.29, 0.717) is 17.1 Å². The average Bonchev–Trinajstić information content (AvgIpc) is 2.46. The maximum absolute atomic E-state index is 13.1. The summed E-state index contributed by atoms with van der Waals surface area (Å²) in [4.78, 5) is 12.5. The first-order valence-corrected chi connectivity index (χ1v) is 8.37. The van der Waals surface area contributed by atoms with Crippen LogP contribution in [-0.4, -0.2) is 11.7 Å². The molecule has 2 nitrogen and oxygen atoms in total. The Balaban J connectivity index is 1.83. The van der Waals surface area contributed by atoms with Gasteiger partial charge in [0.2, 0.25) is 5.91 Å². The highest BCUT2D eigenvalue weighted by Crippen LogP contribution is 2.22. The second-order valence-corrected chi connectivity index (χ2v) is 6.77. The fourth-order valence-corrected chi connectivity index (χ4v) is 3.16. The van der Waals surface area contributed by atoms with Crippen LogP contribution in [0.5, 0.6) is 0 Å². The summed E-state index contributed by atoms with van der Waals surface area (Å²) in [5.41, 5.74) is 1.74. The third-order valence-corrected chi connectivity index (χ3v) is 4.44. The Kier molecular flexibility index (Phi) is 5.97. The Morgan fingerprint density at radius 2 is 1.95 bits per heavy atom. The number of thioether (sulfide) groups is 1.